The molecule has 0 fully saturated rings. The number of carbonyl (C=O) groups excluding carboxylic acids is 1. The molecule has 1 amide bonds. The maximum Gasteiger partial charge on any atom is 0.226 e. The Morgan fingerprint density at radius 2 is 1.87 bits per heavy atom. The van der Waals surface area contributed by atoms with E-state index in [2.05, 4.69) is 17.6 Å². The maximum absolute atomic E-state index is 12.0. The number of para-hydroxylation sites is 2. The van der Waals surface area contributed by atoms with Gasteiger partial charge in [-0.15, -0.1) is 0 Å². The molecule has 122 valence electrons. The van der Waals surface area contributed by atoms with Crippen LogP contribution >= 0.6 is 0 Å². The number of hydrogen-bond acceptors (Lipinski definition) is 3. The fraction of sp³-hybridized carbons (Fsp3) is 0.316. The van der Waals surface area contributed by atoms with Crippen LogP contribution in [-0.2, 0) is 4.79 Å². The topological polar surface area (TPSA) is 50.4 Å². The summed E-state index contributed by atoms with van der Waals surface area (Å²) in [4.78, 5) is 12.0. The van der Waals surface area contributed by atoms with Crippen molar-refractivity contribution < 1.29 is 9.53 Å². The minimum absolute atomic E-state index is 0.00496. The largest absolute Gasteiger partial charge is 0.492 e. The van der Waals surface area contributed by atoms with E-state index < -0.39 is 0 Å². The summed E-state index contributed by atoms with van der Waals surface area (Å²) in [5, 5.41) is 6.18. The first-order chi connectivity index (χ1) is 11.1. The number of nitrogens with one attached hydrogen (secondary N) is 2. The van der Waals surface area contributed by atoms with Gasteiger partial charge >= 0.3 is 0 Å². The van der Waals surface area contributed by atoms with Gasteiger partial charge in [-0.1, -0.05) is 18.2 Å². The Balaban J connectivity index is 1.84. The lowest BCUT2D eigenvalue weighted by Gasteiger charge is -2.12. The highest BCUT2D eigenvalue weighted by molar-refractivity contribution is 5.91. The van der Waals surface area contributed by atoms with Crippen LogP contribution in [-0.4, -0.2) is 19.1 Å². The van der Waals surface area contributed by atoms with Crippen LogP contribution < -0.4 is 15.4 Å². The standard InChI is InChI=1S/C19H24N2O2/c1-4-23-18-8-6-5-7-17(18)20-12-11-19(22)21-16-10-9-14(2)15(3)13-16/h5-10,13,20H,4,11-12H2,1-3H3,(H,21,22). The fourth-order valence-electron chi connectivity index (χ4n) is 2.25. The highest BCUT2D eigenvalue weighted by atomic mass is 16.5. The number of aryl methyl sites for hydroxylation is 2. The van der Waals surface area contributed by atoms with Gasteiger partial charge in [-0.05, 0) is 56.2 Å². The van der Waals surface area contributed by atoms with Crippen LogP contribution in [0.25, 0.3) is 0 Å². The van der Waals surface area contributed by atoms with E-state index in [9.17, 15) is 4.79 Å². The predicted molar refractivity (Wildman–Crippen MR) is 95.3 cm³/mol. The first-order valence-electron chi connectivity index (χ1n) is 7.93. The molecule has 0 atom stereocenters. The molecule has 0 aliphatic carbocycles. The molecule has 0 heterocycles. The molecule has 0 unspecified atom stereocenters. The van der Waals surface area contributed by atoms with E-state index >= 15 is 0 Å². The van der Waals surface area contributed by atoms with Crippen LogP contribution in [0.3, 0.4) is 0 Å². The minimum Gasteiger partial charge on any atom is -0.492 e. The summed E-state index contributed by atoms with van der Waals surface area (Å²) in [7, 11) is 0. The van der Waals surface area contributed by atoms with Crippen molar-refractivity contribution >= 4 is 17.3 Å². The molecule has 0 aliphatic heterocycles. The zero-order valence-electron chi connectivity index (χ0n) is 14.0. The first kappa shape index (κ1) is 16.9. The van der Waals surface area contributed by atoms with E-state index in [0.29, 0.717) is 19.6 Å². The summed E-state index contributed by atoms with van der Waals surface area (Å²) < 4.78 is 5.55. The number of ether oxygens (including phenoxy) is 1. The quantitative estimate of drug-likeness (QED) is 0.808. The molecule has 4 nitrogen and oxygen atoms in total. The van der Waals surface area contributed by atoms with Gasteiger partial charge in [-0.3, -0.25) is 4.79 Å². The van der Waals surface area contributed by atoms with E-state index in [1.165, 1.54) is 11.1 Å². The van der Waals surface area contributed by atoms with Gasteiger partial charge in [0.1, 0.15) is 5.75 Å². The van der Waals surface area contributed by atoms with E-state index in [0.717, 1.165) is 17.1 Å². The van der Waals surface area contributed by atoms with Crippen molar-refractivity contribution in [3.8, 4) is 5.75 Å². The van der Waals surface area contributed by atoms with Crippen LogP contribution in [0.2, 0.25) is 0 Å². The van der Waals surface area contributed by atoms with Crippen molar-refractivity contribution in [1.29, 1.82) is 0 Å². The number of amides is 1. The van der Waals surface area contributed by atoms with Crippen LogP contribution in [0.4, 0.5) is 11.4 Å². The molecule has 0 aliphatic rings. The molecule has 23 heavy (non-hydrogen) atoms. The number of carbonyl (C=O) groups is 1. The van der Waals surface area contributed by atoms with Crippen LogP contribution in [0.1, 0.15) is 24.5 Å². The van der Waals surface area contributed by atoms with Crippen LogP contribution in [0.5, 0.6) is 5.75 Å². The number of rotatable bonds is 7. The predicted octanol–water partition coefficient (Wildman–Crippen LogP) is 4.14. The second-order valence-corrected chi connectivity index (χ2v) is 5.45. The number of anilines is 2. The van der Waals surface area contributed by atoms with Gasteiger partial charge in [0, 0.05) is 18.7 Å². The van der Waals surface area contributed by atoms with Gasteiger partial charge in [0.25, 0.3) is 0 Å². The smallest absolute Gasteiger partial charge is 0.226 e. The summed E-state index contributed by atoms with van der Waals surface area (Å²) in [5.41, 5.74) is 4.14. The molecular weight excluding hydrogens is 288 g/mol. The summed E-state index contributed by atoms with van der Waals surface area (Å²) in [6, 6.07) is 13.7. The van der Waals surface area contributed by atoms with Crippen LogP contribution in [0.15, 0.2) is 42.5 Å². The summed E-state index contributed by atoms with van der Waals surface area (Å²) in [6.07, 6.45) is 0.396. The van der Waals surface area contributed by atoms with Gasteiger partial charge in [0.15, 0.2) is 0 Å². The van der Waals surface area contributed by atoms with Crippen molar-refractivity contribution in [3.05, 3.63) is 53.6 Å². The van der Waals surface area contributed by atoms with Gasteiger partial charge < -0.3 is 15.4 Å². The lowest BCUT2D eigenvalue weighted by Crippen LogP contribution is -2.16. The molecule has 0 spiro atoms. The third-order valence-corrected chi connectivity index (χ3v) is 3.65. The van der Waals surface area contributed by atoms with Crippen molar-refractivity contribution in [2.75, 3.05) is 23.8 Å². The zero-order chi connectivity index (χ0) is 16.7. The van der Waals surface area contributed by atoms with Gasteiger partial charge in [-0.2, -0.15) is 0 Å². The molecule has 0 saturated carbocycles. The first-order valence-corrected chi connectivity index (χ1v) is 7.93. The molecule has 2 N–H and O–H groups in total. The van der Waals surface area contributed by atoms with Crippen LogP contribution in [0, 0.1) is 13.8 Å². The van der Waals surface area contributed by atoms with Gasteiger partial charge in [0.05, 0.1) is 12.3 Å². The molecule has 2 rings (SSSR count). The number of benzene rings is 2. The SMILES string of the molecule is CCOc1ccccc1NCCC(=O)Nc1ccc(C)c(C)c1. The number of hydrogen-bond donors (Lipinski definition) is 2. The van der Waals surface area contributed by atoms with Crippen molar-refractivity contribution in [2.45, 2.75) is 27.2 Å². The Hall–Kier alpha value is -2.49. The molecule has 4 heteroatoms. The van der Waals surface area contributed by atoms with E-state index in [1.54, 1.807) is 0 Å². The van der Waals surface area contributed by atoms with E-state index in [1.807, 2.05) is 56.3 Å². The maximum atomic E-state index is 12.0. The molecule has 0 bridgehead atoms. The summed E-state index contributed by atoms with van der Waals surface area (Å²) >= 11 is 0. The Bertz CT molecular complexity index is 668. The highest BCUT2D eigenvalue weighted by Crippen LogP contribution is 2.23. The van der Waals surface area contributed by atoms with Gasteiger partial charge in [0.2, 0.25) is 5.91 Å². The van der Waals surface area contributed by atoms with Gasteiger partial charge in [-0.25, -0.2) is 0 Å². The monoisotopic (exact) mass is 312 g/mol. The summed E-state index contributed by atoms with van der Waals surface area (Å²) in [5.74, 6) is 0.805. The zero-order valence-corrected chi connectivity index (χ0v) is 14.0. The third kappa shape index (κ3) is 5.02. The molecule has 0 aromatic heterocycles. The third-order valence-electron chi connectivity index (χ3n) is 3.65. The lowest BCUT2D eigenvalue weighted by molar-refractivity contribution is -0.115. The molecule has 0 radical (unpaired) electrons. The van der Waals surface area contributed by atoms with Crippen molar-refractivity contribution in [3.63, 3.8) is 0 Å². The Labute approximate surface area is 137 Å². The molecule has 2 aromatic carbocycles. The molecule has 0 saturated heterocycles. The molecular formula is C19H24N2O2. The average Bonchev–Trinajstić information content (AvgIpc) is 2.53. The lowest BCUT2D eigenvalue weighted by atomic mass is 10.1. The Morgan fingerprint density at radius 3 is 2.61 bits per heavy atom. The van der Waals surface area contributed by atoms with E-state index in [4.69, 9.17) is 4.74 Å². The second-order valence-electron chi connectivity index (χ2n) is 5.45. The van der Waals surface area contributed by atoms with E-state index in [-0.39, 0.29) is 5.91 Å². The Kier molecular flexibility index (Phi) is 6.03. The average molecular weight is 312 g/mol. The highest BCUT2D eigenvalue weighted by Gasteiger charge is 2.05. The minimum atomic E-state index is -0.00496. The summed E-state index contributed by atoms with van der Waals surface area (Å²) in [6.45, 7) is 7.22. The van der Waals surface area contributed by atoms with Crippen molar-refractivity contribution in [2.24, 2.45) is 0 Å². The normalized spacial score (nSPS) is 10.2. The second kappa shape index (κ2) is 8.22. The fourth-order valence-corrected chi connectivity index (χ4v) is 2.25. The van der Waals surface area contributed by atoms with Crippen molar-refractivity contribution in [1.82, 2.24) is 0 Å². The molecule has 2 aromatic rings. The Morgan fingerprint density at radius 1 is 1.09 bits per heavy atom.